The lowest BCUT2D eigenvalue weighted by Gasteiger charge is -2.10. The molecule has 2 aromatic heterocycles. The fraction of sp³-hybridized carbons (Fsp3) is 0.500. The monoisotopic (exact) mass is 263 g/mol. The second-order valence-electron chi connectivity index (χ2n) is 4.56. The van der Waals surface area contributed by atoms with Crippen molar-refractivity contribution < 1.29 is 0 Å². The second kappa shape index (κ2) is 5.67. The average molecular weight is 263 g/mol. The highest BCUT2D eigenvalue weighted by Crippen LogP contribution is 2.25. The molecule has 0 aromatic carbocycles. The van der Waals surface area contributed by atoms with Crippen LogP contribution in [0.2, 0.25) is 0 Å². The lowest BCUT2D eigenvalue weighted by Crippen LogP contribution is -2.15. The first kappa shape index (κ1) is 13.3. The summed E-state index contributed by atoms with van der Waals surface area (Å²) in [5.74, 6) is 0. The van der Waals surface area contributed by atoms with E-state index in [2.05, 4.69) is 37.1 Å². The van der Waals surface area contributed by atoms with Gasteiger partial charge in [-0.05, 0) is 38.5 Å². The third kappa shape index (κ3) is 2.82. The Kier molecular flexibility index (Phi) is 4.19. The first-order valence-electron chi connectivity index (χ1n) is 6.51. The SMILES string of the molecule is CCc1ccc(C(N)Cc2cc(C)nn2CC)s1. The Morgan fingerprint density at radius 3 is 2.78 bits per heavy atom. The fourth-order valence-corrected chi connectivity index (χ4v) is 3.10. The van der Waals surface area contributed by atoms with Crippen LogP contribution in [-0.2, 0) is 19.4 Å². The van der Waals surface area contributed by atoms with Crippen LogP contribution in [0.15, 0.2) is 18.2 Å². The van der Waals surface area contributed by atoms with E-state index < -0.39 is 0 Å². The number of aromatic nitrogens is 2. The van der Waals surface area contributed by atoms with Crippen molar-refractivity contribution in [1.29, 1.82) is 0 Å². The number of hydrogen-bond acceptors (Lipinski definition) is 3. The molecule has 0 aliphatic heterocycles. The third-order valence-electron chi connectivity index (χ3n) is 3.11. The van der Waals surface area contributed by atoms with Gasteiger partial charge in [-0.2, -0.15) is 5.10 Å². The largest absolute Gasteiger partial charge is 0.323 e. The Morgan fingerprint density at radius 2 is 2.17 bits per heavy atom. The Labute approximate surface area is 113 Å². The number of aryl methyl sites for hydroxylation is 3. The summed E-state index contributed by atoms with van der Waals surface area (Å²) in [6.45, 7) is 7.22. The lowest BCUT2D eigenvalue weighted by atomic mass is 10.1. The van der Waals surface area contributed by atoms with Gasteiger partial charge < -0.3 is 5.73 Å². The van der Waals surface area contributed by atoms with E-state index in [0.29, 0.717) is 0 Å². The van der Waals surface area contributed by atoms with Gasteiger partial charge in [0.25, 0.3) is 0 Å². The van der Waals surface area contributed by atoms with Crippen LogP contribution in [0.4, 0.5) is 0 Å². The summed E-state index contributed by atoms with van der Waals surface area (Å²) >= 11 is 1.83. The van der Waals surface area contributed by atoms with Crippen molar-refractivity contribution in [2.75, 3.05) is 0 Å². The second-order valence-corrected chi connectivity index (χ2v) is 5.76. The highest BCUT2D eigenvalue weighted by atomic mass is 32.1. The van der Waals surface area contributed by atoms with Crippen LogP contribution in [0.1, 0.15) is 41.0 Å². The standard InChI is InChI=1S/C14H21N3S/c1-4-12-6-7-14(18-12)13(15)9-11-8-10(3)16-17(11)5-2/h6-8,13H,4-5,9,15H2,1-3H3. The van der Waals surface area contributed by atoms with Gasteiger partial charge in [0.1, 0.15) is 0 Å². The maximum Gasteiger partial charge on any atom is 0.0596 e. The quantitative estimate of drug-likeness (QED) is 0.901. The molecule has 2 heterocycles. The number of rotatable bonds is 5. The molecule has 18 heavy (non-hydrogen) atoms. The molecule has 0 saturated carbocycles. The molecule has 0 bridgehead atoms. The minimum Gasteiger partial charge on any atom is -0.323 e. The van der Waals surface area contributed by atoms with Crippen LogP contribution in [0.5, 0.6) is 0 Å². The third-order valence-corrected chi connectivity index (χ3v) is 4.47. The molecule has 2 aromatic rings. The van der Waals surface area contributed by atoms with E-state index in [-0.39, 0.29) is 6.04 Å². The van der Waals surface area contributed by atoms with Gasteiger partial charge >= 0.3 is 0 Å². The fourth-order valence-electron chi connectivity index (χ4n) is 2.15. The van der Waals surface area contributed by atoms with E-state index in [1.165, 1.54) is 15.4 Å². The summed E-state index contributed by atoms with van der Waals surface area (Å²) in [6, 6.07) is 6.56. The molecule has 0 aliphatic carbocycles. The van der Waals surface area contributed by atoms with E-state index in [1.54, 1.807) is 0 Å². The molecule has 0 radical (unpaired) electrons. The van der Waals surface area contributed by atoms with Crippen molar-refractivity contribution in [3.05, 3.63) is 39.3 Å². The summed E-state index contributed by atoms with van der Waals surface area (Å²) in [4.78, 5) is 2.67. The molecule has 0 spiro atoms. The Bertz CT molecular complexity index is 513. The van der Waals surface area contributed by atoms with Crippen molar-refractivity contribution >= 4 is 11.3 Å². The van der Waals surface area contributed by atoms with Crippen LogP contribution in [0, 0.1) is 6.92 Å². The summed E-state index contributed by atoms with van der Waals surface area (Å²) in [5, 5.41) is 4.46. The van der Waals surface area contributed by atoms with Crippen LogP contribution < -0.4 is 5.73 Å². The zero-order valence-corrected chi connectivity index (χ0v) is 12.1. The van der Waals surface area contributed by atoms with E-state index in [0.717, 1.165) is 25.1 Å². The van der Waals surface area contributed by atoms with Crippen molar-refractivity contribution in [2.45, 2.75) is 46.2 Å². The van der Waals surface area contributed by atoms with Crippen LogP contribution in [0.3, 0.4) is 0 Å². The minimum absolute atomic E-state index is 0.0803. The lowest BCUT2D eigenvalue weighted by molar-refractivity contribution is 0.590. The van der Waals surface area contributed by atoms with E-state index in [1.807, 2.05) is 22.9 Å². The van der Waals surface area contributed by atoms with Crippen molar-refractivity contribution in [1.82, 2.24) is 9.78 Å². The summed E-state index contributed by atoms with van der Waals surface area (Å²) in [5.41, 5.74) is 8.60. The molecular weight excluding hydrogens is 242 g/mol. The first-order chi connectivity index (χ1) is 8.63. The highest BCUT2D eigenvalue weighted by Gasteiger charge is 2.13. The Morgan fingerprint density at radius 1 is 1.39 bits per heavy atom. The number of hydrogen-bond donors (Lipinski definition) is 1. The smallest absolute Gasteiger partial charge is 0.0596 e. The molecule has 0 saturated heterocycles. The number of nitrogens with two attached hydrogens (primary N) is 1. The first-order valence-corrected chi connectivity index (χ1v) is 7.33. The molecule has 3 nitrogen and oxygen atoms in total. The van der Waals surface area contributed by atoms with Crippen LogP contribution >= 0.6 is 11.3 Å². The van der Waals surface area contributed by atoms with Gasteiger partial charge in [-0.3, -0.25) is 4.68 Å². The molecule has 2 N–H and O–H groups in total. The van der Waals surface area contributed by atoms with Crippen LogP contribution in [-0.4, -0.2) is 9.78 Å². The molecule has 0 fully saturated rings. The minimum atomic E-state index is 0.0803. The molecule has 2 rings (SSSR count). The van der Waals surface area contributed by atoms with Crippen molar-refractivity contribution in [3.63, 3.8) is 0 Å². The Balaban J connectivity index is 2.12. The number of thiophene rings is 1. The molecule has 98 valence electrons. The molecule has 1 unspecified atom stereocenters. The van der Waals surface area contributed by atoms with E-state index in [4.69, 9.17) is 5.73 Å². The average Bonchev–Trinajstić information content (AvgIpc) is 2.95. The number of nitrogens with zero attached hydrogens (tertiary/aromatic N) is 2. The van der Waals surface area contributed by atoms with Gasteiger partial charge in [-0.1, -0.05) is 6.92 Å². The summed E-state index contributed by atoms with van der Waals surface area (Å²) in [7, 11) is 0. The van der Waals surface area contributed by atoms with Crippen LogP contribution in [0.25, 0.3) is 0 Å². The van der Waals surface area contributed by atoms with Gasteiger partial charge in [0.05, 0.1) is 5.69 Å². The molecular formula is C14H21N3S. The van der Waals surface area contributed by atoms with Gasteiger partial charge in [-0.15, -0.1) is 11.3 Å². The zero-order valence-electron chi connectivity index (χ0n) is 11.3. The summed E-state index contributed by atoms with van der Waals surface area (Å²) < 4.78 is 2.05. The molecule has 1 atom stereocenters. The predicted octanol–water partition coefficient (Wildman–Crippen LogP) is 3.08. The summed E-state index contributed by atoms with van der Waals surface area (Å²) in [6.07, 6.45) is 1.95. The molecule has 0 aliphatic rings. The predicted molar refractivity (Wildman–Crippen MR) is 77.0 cm³/mol. The van der Waals surface area contributed by atoms with Crippen molar-refractivity contribution in [3.8, 4) is 0 Å². The zero-order chi connectivity index (χ0) is 13.1. The van der Waals surface area contributed by atoms with Gasteiger partial charge in [0, 0.05) is 34.5 Å². The van der Waals surface area contributed by atoms with E-state index in [9.17, 15) is 0 Å². The normalized spacial score (nSPS) is 12.9. The molecule has 0 amide bonds. The van der Waals surface area contributed by atoms with Gasteiger partial charge in [0.2, 0.25) is 0 Å². The highest BCUT2D eigenvalue weighted by molar-refractivity contribution is 7.12. The Hall–Kier alpha value is -1.13. The van der Waals surface area contributed by atoms with Gasteiger partial charge in [-0.25, -0.2) is 0 Å². The van der Waals surface area contributed by atoms with Crippen molar-refractivity contribution in [2.24, 2.45) is 5.73 Å². The van der Waals surface area contributed by atoms with Gasteiger partial charge in [0.15, 0.2) is 0 Å². The maximum atomic E-state index is 6.30. The topological polar surface area (TPSA) is 43.8 Å². The maximum absolute atomic E-state index is 6.30. The van der Waals surface area contributed by atoms with E-state index >= 15 is 0 Å². The molecule has 4 heteroatoms.